The highest BCUT2D eigenvalue weighted by atomic mass is 14.9. The van der Waals surface area contributed by atoms with E-state index in [2.05, 4.69) is 183 Å². The molecule has 1 heterocycles. The van der Waals surface area contributed by atoms with E-state index in [0.29, 0.717) is 5.82 Å². The number of nitrogens with zero attached hydrogens (tertiary/aromatic N) is 2. The minimum absolute atomic E-state index is 0.234. The summed E-state index contributed by atoms with van der Waals surface area (Å²) in [5.41, 5.74) is 16.0. The molecular weight excluding hydrogens is 605 g/mol. The Labute approximate surface area is 293 Å². The number of fused-ring (bicyclic) bond motifs is 3. The minimum Gasteiger partial charge on any atom is -0.228 e. The van der Waals surface area contributed by atoms with E-state index in [1.165, 1.54) is 38.9 Å². The monoisotopic (exact) mass is 638 g/mol. The van der Waals surface area contributed by atoms with E-state index in [1.54, 1.807) is 0 Å². The summed E-state index contributed by atoms with van der Waals surface area (Å²) in [6.45, 7) is 2.37. The lowest BCUT2D eigenvalue weighted by molar-refractivity contribution is 0.714. The normalized spacial score (nSPS) is 14.6. The van der Waals surface area contributed by atoms with Gasteiger partial charge in [0.1, 0.15) is 0 Å². The molecule has 8 aromatic rings. The van der Waals surface area contributed by atoms with Crippen LogP contribution in [0.3, 0.4) is 0 Å². The third-order valence-electron chi connectivity index (χ3n) is 10.2. The van der Waals surface area contributed by atoms with Gasteiger partial charge in [0, 0.05) is 22.1 Å². The number of hydrogen-bond donors (Lipinski definition) is 0. The minimum atomic E-state index is -0.234. The van der Waals surface area contributed by atoms with Gasteiger partial charge in [0.05, 0.1) is 11.4 Å². The molecule has 1 aromatic heterocycles. The second kappa shape index (κ2) is 12.3. The molecule has 0 saturated heterocycles. The van der Waals surface area contributed by atoms with Gasteiger partial charge in [-0.2, -0.15) is 0 Å². The van der Waals surface area contributed by atoms with E-state index in [9.17, 15) is 0 Å². The van der Waals surface area contributed by atoms with Crippen molar-refractivity contribution >= 4 is 0 Å². The molecule has 1 aliphatic carbocycles. The van der Waals surface area contributed by atoms with Gasteiger partial charge in [-0.1, -0.05) is 164 Å². The topological polar surface area (TPSA) is 25.8 Å². The van der Waals surface area contributed by atoms with Gasteiger partial charge in [-0.15, -0.1) is 0 Å². The molecule has 9 rings (SSSR count). The lowest BCUT2D eigenvalue weighted by Gasteiger charge is -2.28. The SMILES string of the molecule is CC1(c2ccccc2)c2ccccc2-c2ccc(-c3cccc(-c4cccc(-c5nc(-c6ccccc6)cc(-c6ccccc6)n5)c4)c3)cc21. The van der Waals surface area contributed by atoms with Gasteiger partial charge in [0.15, 0.2) is 5.82 Å². The Hall–Kier alpha value is -6.38. The van der Waals surface area contributed by atoms with E-state index >= 15 is 0 Å². The summed E-state index contributed by atoms with van der Waals surface area (Å²) >= 11 is 0. The molecule has 1 unspecified atom stereocenters. The molecule has 0 fully saturated rings. The maximum atomic E-state index is 5.08. The molecule has 50 heavy (non-hydrogen) atoms. The van der Waals surface area contributed by atoms with E-state index < -0.39 is 0 Å². The average Bonchev–Trinajstić information content (AvgIpc) is 3.47. The van der Waals surface area contributed by atoms with Crippen molar-refractivity contribution in [1.82, 2.24) is 9.97 Å². The number of aromatic nitrogens is 2. The molecule has 236 valence electrons. The molecule has 2 heteroatoms. The van der Waals surface area contributed by atoms with Crippen LogP contribution < -0.4 is 0 Å². The summed E-state index contributed by atoms with van der Waals surface area (Å²) in [6, 6.07) is 67.0. The molecule has 1 aliphatic rings. The Bertz CT molecular complexity index is 2430. The maximum Gasteiger partial charge on any atom is 0.160 e. The standard InChI is InChI=1S/C48H34N2/c1-48(40-23-9-4-10-24-40)43-26-12-11-25-41(43)42-28-27-38(31-44(42)48)36-20-13-19-35(29-36)37-21-14-22-39(30-37)47-49-45(33-15-5-2-6-16-33)32-46(50-47)34-17-7-3-8-18-34/h2-32H,1H3. The summed E-state index contributed by atoms with van der Waals surface area (Å²) in [5, 5.41) is 0. The molecular formula is C48H34N2. The van der Waals surface area contributed by atoms with Crippen LogP contribution in [0.15, 0.2) is 188 Å². The fourth-order valence-electron chi connectivity index (χ4n) is 7.56. The largest absolute Gasteiger partial charge is 0.228 e. The van der Waals surface area contributed by atoms with Crippen LogP contribution >= 0.6 is 0 Å². The molecule has 0 N–H and O–H groups in total. The highest BCUT2D eigenvalue weighted by Gasteiger charge is 2.40. The summed E-state index contributed by atoms with van der Waals surface area (Å²) in [4.78, 5) is 10.2. The molecule has 0 spiro atoms. The van der Waals surface area contributed by atoms with E-state index in [0.717, 1.165) is 39.2 Å². The molecule has 0 bridgehead atoms. The number of rotatable bonds is 6. The molecule has 0 amide bonds. The predicted molar refractivity (Wildman–Crippen MR) is 207 cm³/mol. The zero-order chi connectivity index (χ0) is 33.5. The first-order valence-corrected chi connectivity index (χ1v) is 17.2. The van der Waals surface area contributed by atoms with Crippen LogP contribution in [0.1, 0.15) is 23.6 Å². The van der Waals surface area contributed by atoms with Crippen LogP contribution in [-0.4, -0.2) is 9.97 Å². The van der Waals surface area contributed by atoms with Gasteiger partial charge in [-0.05, 0) is 81.3 Å². The summed E-state index contributed by atoms with van der Waals surface area (Å²) in [6.07, 6.45) is 0. The fourth-order valence-corrected chi connectivity index (χ4v) is 7.56. The molecule has 1 atom stereocenters. The second-order valence-electron chi connectivity index (χ2n) is 13.2. The number of benzene rings is 7. The molecule has 0 saturated carbocycles. The van der Waals surface area contributed by atoms with Crippen LogP contribution in [0.4, 0.5) is 0 Å². The zero-order valence-corrected chi connectivity index (χ0v) is 27.8. The molecule has 7 aromatic carbocycles. The van der Waals surface area contributed by atoms with Crippen molar-refractivity contribution < 1.29 is 0 Å². The highest BCUT2D eigenvalue weighted by molar-refractivity contribution is 5.86. The summed E-state index contributed by atoms with van der Waals surface area (Å²) in [7, 11) is 0. The Balaban J connectivity index is 1.11. The van der Waals surface area contributed by atoms with Gasteiger partial charge in [0.2, 0.25) is 0 Å². The number of hydrogen-bond acceptors (Lipinski definition) is 2. The molecule has 0 aliphatic heterocycles. The predicted octanol–water partition coefficient (Wildman–Crippen LogP) is 12.1. The third kappa shape index (κ3) is 5.14. The quantitative estimate of drug-likeness (QED) is 0.181. The van der Waals surface area contributed by atoms with Gasteiger partial charge in [0.25, 0.3) is 0 Å². The summed E-state index contributed by atoms with van der Waals surface area (Å²) in [5.74, 6) is 0.710. The average molecular weight is 639 g/mol. The van der Waals surface area contributed by atoms with Crippen LogP contribution in [0, 0.1) is 0 Å². The van der Waals surface area contributed by atoms with Gasteiger partial charge >= 0.3 is 0 Å². The fraction of sp³-hybridized carbons (Fsp3) is 0.0417. The van der Waals surface area contributed by atoms with Gasteiger partial charge in [-0.25, -0.2) is 9.97 Å². The summed E-state index contributed by atoms with van der Waals surface area (Å²) < 4.78 is 0. The first-order valence-electron chi connectivity index (χ1n) is 17.2. The van der Waals surface area contributed by atoms with Crippen molar-refractivity contribution in [2.75, 3.05) is 0 Å². The van der Waals surface area contributed by atoms with Crippen LogP contribution in [0.25, 0.3) is 67.3 Å². The Morgan fingerprint density at radius 1 is 0.340 bits per heavy atom. The highest BCUT2D eigenvalue weighted by Crippen LogP contribution is 2.53. The third-order valence-corrected chi connectivity index (χ3v) is 10.2. The van der Waals surface area contributed by atoms with Crippen molar-refractivity contribution in [3.63, 3.8) is 0 Å². The van der Waals surface area contributed by atoms with Crippen LogP contribution in [0.5, 0.6) is 0 Å². The van der Waals surface area contributed by atoms with Crippen molar-refractivity contribution in [3.8, 4) is 67.3 Å². The first kappa shape index (κ1) is 29.7. The zero-order valence-electron chi connectivity index (χ0n) is 27.8. The lowest BCUT2D eigenvalue weighted by atomic mass is 9.74. The lowest BCUT2D eigenvalue weighted by Crippen LogP contribution is -2.22. The van der Waals surface area contributed by atoms with Gasteiger partial charge in [-0.3, -0.25) is 0 Å². The Morgan fingerprint density at radius 2 is 0.800 bits per heavy atom. The van der Waals surface area contributed by atoms with Crippen molar-refractivity contribution in [1.29, 1.82) is 0 Å². The first-order chi connectivity index (χ1) is 24.6. The van der Waals surface area contributed by atoms with E-state index in [1.807, 2.05) is 12.1 Å². The molecule has 2 nitrogen and oxygen atoms in total. The van der Waals surface area contributed by atoms with E-state index in [-0.39, 0.29) is 5.41 Å². The maximum absolute atomic E-state index is 5.08. The second-order valence-corrected chi connectivity index (χ2v) is 13.2. The van der Waals surface area contributed by atoms with Gasteiger partial charge < -0.3 is 0 Å². The van der Waals surface area contributed by atoms with Crippen molar-refractivity contribution in [2.24, 2.45) is 0 Å². The smallest absolute Gasteiger partial charge is 0.160 e. The van der Waals surface area contributed by atoms with Crippen molar-refractivity contribution in [3.05, 3.63) is 205 Å². The van der Waals surface area contributed by atoms with Crippen LogP contribution in [0.2, 0.25) is 0 Å². The van der Waals surface area contributed by atoms with Crippen molar-refractivity contribution in [2.45, 2.75) is 12.3 Å². The Kier molecular flexibility index (Phi) is 7.29. The van der Waals surface area contributed by atoms with Crippen LogP contribution in [-0.2, 0) is 5.41 Å². The van der Waals surface area contributed by atoms with E-state index in [4.69, 9.17) is 9.97 Å². The Morgan fingerprint density at radius 3 is 1.42 bits per heavy atom. The molecule has 0 radical (unpaired) electrons.